The zero-order valence-corrected chi connectivity index (χ0v) is 10.3. The summed E-state index contributed by atoms with van der Waals surface area (Å²) in [5.41, 5.74) is 2.14. The molecule has 1 aromatic rings. The second-order valence-electron chi connectivity index (χ2n) is 4.66. The largest absolute Gasteiger partial charge is 0.480 e. The van der Waals surface area contributed by atoms with E-state index in [2.05, 4.69) is 17.3 Å². The number of aromatic nitrogens is 2. The van der Waals surface area contributed by atoms with Gasteiger partial charge < -0.3 is 5.11 Å². The van der Waals surface area contributed by atoms with E-state index in [-0.39, 0.29) is 0 Å². The van der Waals surface area contributed by atoms with Gasteiger partial charge in [0.2, 0.25) is 0 Å². The molecule has 0 saturated heterocycles. The maximum absolute atomic E-state index is 11.1. The lowest BCUT2D eigenvalue weighted by Gasteiger charge is -2.12. The molecule has 1 aliphatic carbocycles. The van der Waals surface area contributed by atoms with Crippen molar-refractivity contribution in [3.63, 3.8) is 0 Å². The Labute approximate surface area is 101 Å². The molecule has 17 heavy (non-hydrogen) atoms. The third-order valence-corrected chi connectivity index (χ3v) is 3.20. The zero-order chi connectivity index (χ0) is 12.4. The van der Waals surface area contributed by atoms with Crippen LogP contribution in [0.2, 0.25) is 0 Å². The summed E-state index contributed by atoms with van der Waals surface area (Å²) in [5, 5.41) is 16.6. The average molecular weight is 237 g/mol. The molecule has 0 aromatic carbocycles. The van der Waals surface area contributed by atoms with Gasteiger partial charge in [0.15, 0.2) is 0 Å². The number of carbonyl (C=O) groups is 1. The fourth-order valence-corrected chi connectivity index (χ4v) is 2.13. The summed E-state index contributed by atoms with van der Waals surface area (Å²) in [5.74, 6) is -0.427. The normalized spacial score (nSPS) is 17.1. The van der Waals surface area contributed by atoms with Crippen LogP contribution in [0, 0.1) is 5.92 Å². The third kappa shape index (κ3) is 2.85. The first-order valence-electron chi connectivity index (χ1n) is 6.09. The van der Waals surface area contributed by atoms with Gasteiger partial charge in [-0.1, -0.05) is 6.92 Å². The van der Waals surface area contributed by atoms with E-state index in [4.69, 9.17) is 5.11 Å². The van der Waals surface area contributed by atoms with Crippen LogP contribution < -0.4 is 5.32 Å². The molecule has 1 aromatic heterocycles. The van der Waals surface area contributed by atoms with Crippen molar-refractivity contribution in [1.29, 1.82) is 0 Å². The second kappa shape index (κ2) is 4.87. The van der Waals surface area contributed by atoms with Crippen LogP contribution in [-0.4, -0.2) is 26.9 Å². The standard InChI is InChI=1S/C12H19N3O2/c1-3-10-9(7-15(2)14-10)6-13-11(12(16)17)8-4-5-8/h7-8,11,13H,3-6H2,1-2H3,(H,16,17). The van der Waals surface area contributed by atoms with Gasteiger partial charge in [0, 0.05) is 25.4 Å². The van der Waals surface area contributed by atoms with Gasteiger partial charge in [-0.3, -0.25) is 14.8 Å². The smallest absolute Gasteiger partial charge is 0.320 e. The van der Waals surface area contributed by atoms with Crippen molar-refractivity contribution in [2.75, 3.05) is 0 Å². The van der Waals surface area contributed by atoms with E-state index in [1.54, 1.807) is 4.68 Å². The lowest BCUT2D eigenvalue weighted by atomic mass is 10.1. The molecular weight excluding hydrogens is 218 g/mol. The zero-order valence-electron chi connectivity index (χ0n) is 10.3. The van der Waals surface area contributed by atoms with Gasteiger partial charge in [-0.2, -0.15) is 5.10 Å². The van der Waals surface area contributed by atoms with Gasteiger partial charge in [0.25, 0.3) is 0 Å². The molecule has 0 spiro atoms. The lowest BCUT2D eigenvalue weighted by Crippen LogP contribution is -2.38. The Morgan fingerprint density at radius 2 is 2.41 bits per heavy atom. The predicted molar refractivity (Wildman–Crippen MR) is 63.6 cm³/mol. The average Bonchev–Trinajstić information content (AvgIpc) is 3.02. The number of nitrogens with zero attached hydrogens (tertiary/aromatic N) is 2. The van der Waals surface area contributed by atoms with Crippen molar-refractivity contribution in [3.05, 3.63) is 17.5 Å². The topological polar surface area (TPSA) is 67.2 Å². The van der Waals surface area contributed by atoms with Crippen molar-refractivity contribution >= 4 is 5.97 Å². The minimum Gasteiger partial charge on any atom is -0.480 e. The Kier molecular flexibility index (Phi) is 3.47. The molecule has 1 atom stereocenters. The molecule has 0 aliphatic heterocycles. The Morgan fingerprint density at radius 1 is 1.71 bits per heavy atom. The van der Waals surface area contributed by atoms with E-state index >= 15 is 0 Å². The number of aryl methyl sites for hydroxylation is 2. The van der Waals surface area contributed by atoms with E-state index in [0.717, 1.165) is 30.5 Å². The number of hydrogen-bond acceptors (Lipinski definition) is 3. The third-order valence-electron chi connectivity index (χ3n) is 3.20. The van der Waals surface area contributed by atoms with E-state index in [0.29, 0.717) is 12.5 Å². The first-order valence-corrected chi connectivity index (χ1v) is 6.09. The van der Waals surface area contributed by atoms with Gasteiger partial charge in [-0.05, 0) is 25.2 Å². The van der Waals surface area contributed by atoms with Crippen molar-refractivity contribution in [2.45, 2.75) is 38.8 Å². The quantitative estimate of drug-likeness (QED) is 0.772. The minimum absolute atomic E-state index is 0.314. The van der Waals surface area contributed by atoms with E-state index in [1.165, 1.54) is 0 Å². The summed E-state index contributed by atoms with van der Waals surface area (Å²) in [4.78, 5) is 11.1. The van der Waals surface area contributed by atoms with E-state index in [9.17, 15) is 4.79 Å². The number of rotatable bonds is 6. The number of carboxylic acid groups (broad SMARTS) is 1. The second-order valence-corrected chi connectivity index (χ2v) is 4.66. The fourth-order valence-electron chi connectivity index (χ4n) is 2.13. The Balaban J connectivity index is 1.97. The molecule has 5 nitrogen and oxygen atoms in total. The van der Waals surface area contributed by atoms with Gasteiger partial charge in [0.05, 0.1) is 5.69 Å². The molecule has 1 fully saturated rings. The molecule has 0 bridgehead atoms. The van der Waals surface area contributed by atoms with Crippen LogP contribution in [0.5, 0.6) is 0 Å². The molecular formula is C12H19N3O2. The van der Waals surface area contributed by atoms with Crippen LogP contribution in [-0.2, 0) is 24.8 Å². The van der Waals surface area contributed by atoms with E-state index < -0.39 is 12.0 Å². The fraction of sp³-hybridized carbons (Fsp3) is 0.667. The lowest BCUT2D eigenvalue weighted by molar-refractivity contribution is -0.140. The van der Waals surface area contributed by atoms with Crippen molar-refractivity contribution in [2.24, 2.45) is 13.0 Å². The maximum Gasteiger partial charge on any atom is 0.320 e. The number of aliphatic carboxylic acids is 1. The summed E-state index contributed by atoms with van der Waals surface area (Å²) < 4.78 is 1.78. The molecule has 1 aliphatic rings. The highest BCUT2D eigenvalue weighted by molar-refractivity contribution is 5.74. The molecule has 94 valence electrons. The highest BCUT2D eigenvalue weighted by Gasteiger charge is 2.35. The summed E-state index contributed by atoms with van der Waals surface area (Å²) in [6, 6.07) is -0.403. The summed E-state index contributed by atoms with van der Waals surface area (Å²) in [7, 11) is 1.89. The van der Waals surface area contributed by atoms with Crippen LogP contribution in [0.1, 0.15) is 31.0 Å². The van der Waals surface area contributed by atoms with E-state index in [1.807, 2.05) is 13.2 Å². The van der Waals surface area contributed by atoms with Crippen molar-refractivity contribution in [3.8, 4) is 0 Å². The SMILES string of the molecule is CCc1nn(C)cc1CNC(C(=O)O)C1CC1. The molecule has 0 amide bonds. The number of hydrogen-bond donors (Lipinski definition) is 2. The summed E-state index contributed by atoms with van der Waals surface area (Å²) in [6.45, 7) is 2.64. The Hall–Kier alpha value is -1.36. The van der Waals surface area contributed by atoms with Crippen LogP contribution in [0.4, 0.5) is 0 Å². The predicted octanol–water partition coefficient (Wildman–Crippen LogP) is 0.935. The van der Waals surface area contributed by atoms with Crippen LogP contribution >= 0.6 is 0 Å². The number of carboxylic acids is 1. The van der Waals surface area contributed by atoms with Gasteiger partial charge in [-0.25, -0.2) is 0 Å². The monoisotopic (exact) mass is 237 g/mol. The highest BCUT2D eigenvalue weighted by Crippen LogP contribution is 2.32. The first kappa shape index (κ1) is 12.1. The molecule has 5 heteroatoms. The molecule has 2 rings (SSSR count). The Bertz CT molecular complexity index is 410. The first-order chi connectivity index (χ1) is 8.11. The van der Waals surface area contributed by atoms with Gasteiger partial charge in [0.1, 0.15) is 6.04 Å². The van der Waals surface area contributed by atoms with Gasteiger partial charge in [-0.15, -0.1) is 0 Å². The molecule has 2 N–H and O–H groups in total. The molecule has 0 radical (unpaired) electrons. The minimum atomic E-state index is -0.741. The van der Waals surface area contributed by atoms with Crippen LogP contribution in [0.15, 0.2) is 6.20 Å². The Morgan fingerprint density at radius 3 is 2.94 bits per heavy atom. The highest BCUT2D eigenvalue weighted by atomic mass is 16.4. The van der Waals surface area contributed by atoms with Gasteiger partial charge >= 0.3 is 5.97 Å². The maximum atomic E-state index is 11.1. The summed E-state index contributed by atoms with van der Waals surface area (Å²) >= 11 is 0. The number of nitrogens with one attached hydrogen (secondary N) is 1. The molecule has 1 heterocycles. The van der Waals surface area contributed by atoms with Crippen LogP contribution in [0.3, 0.4) is 0 Å². The van der Waals surface area contributed by atoms with Crippen molar-refractivity contribution in [1.82, 2.24) is 15.1 Å². The molecule has 1 saturated carbocycles. The molecule has 1 unspecified atom stereocenters. The summed E-state index contributed by atoms with van der Waals surface area (Å²) in [6.07, 6.45) is 4.88. The van der Waals surface area contributed by atoms with Crippen molar-refractivity contribution < 1.29 is 9.90 Å². The van der Waals surface area contributed by atoms with Crippen LogP contribution in [0.25, 0.3) is 0 Å².